The van der Waals surface area contributed by atoms with Gasteiger partial charge in [-0.25, -0.2) is 42.1 Å². The number of aliphatic hydroxyl groups is 4. The lowest BCUT2D eigenvalue weighted by Gasteiger charge is -2.43. The highest BCUT2D eigenvalue weighted by atomic mass is 35.7. The number of hydrogen-bond donors (Lipinski definition) is 6. The van der Waals surface area contributed by atoms with Crippen molar-refractivity contribution in [1.29, 1.82) is 0 Å². The van der Waals surface area contributed by atoms with Crippen LogP contribution in [0.1, 0.15) is 74.9 Å². The van der Waals surface area contributed by atoms with Gasteiger partial charge in [0, 0.05) is 126 Å². The Bertz CT molecular complexity index is 5130. The Kier molecular flexibility index (Phi) is 35.2. The summed E-state index contributed by atoms with van der Waals surface area (Å²) in [6.45, 7) is 15.5. The molecule has 3 saturated heterocycles. The zero-order chi connectivity index (χ0) is 84.8. The number of nitrogens with zero attached hydrogens (tertiary/aromatic N) is 7. The van der Waals surface area contributed by atoms with E-state index in [-0.39, 0.29) is 60.3 Å². The van der Waals surface area contributed by atoms with Gasteiger partial charge >= 0.3 is 0 Å². The number of sulfonamides is 4. The van der Waals surface area contributed by atoms with E-state index >= 15 is 0 Å². The van der Waals surface area contributed by atoms with Gasteiger partial charge in [-0.15, -0.1) is 34.0 Å². The molecule has 630 valence electrons. The summed E-state index contributed by atoms with van der Waals surface area (Å²) in [5.74, 6) is 0. The van der Waals surface area contributed by atoms with Crippen LogP contribution in [0.3, 0.4) is 0 Å². The van der Waals surface area contributed by atoms with Gasteiger partial charge < -0.3 is 46.2 Å². The summed E-state index contributed by atoms with van der Waals surface area (Å²) >= 11 is 3.58. The van der Waals surface area contributed by atoms with Gasteiger partial charge in [-0.2, -0.15) is 25.6 Å². The minimum absolute atomic E-state index is 0.0230. The highest BCUT2D eigenvalue weighted by Gasteiger charge is 2.40. The van der Waals surface area contributed by atoms with Crippen LogP contribution in [0.15, 0.2) is 229 Å². The normalized spacial score (nSPS) is 17.1. The molecule has 7 N–H and O–H groups in total. The molecule has 26 nitrogen and oxygen atoms in total. The van der Waals surface area contributed by atoms with Gasteiger partial charge in [0.05, 0.1) is 60.3 Å². The molecule has 0 aliphatic carbocycles. The van der Waals surface area contributed by atoms with Crippen molar-refractivity contribution in [3.63, 3.8) is 0 Å². The molecule has 3 atom stereocenters. The Balaban J connectivity index is 0.000000219. The predicted octanol–water partition coefficient (Wildman–Crippen LogP) is 9.73. The molecule has 12 rings (SSSR count). The van der Waals surface area contributed by atoms with Crippen molar-refractivity contribution in [1.82, 2.24) is 22.5 Å². The molecule has 0 bridgehead atoms. The Morgan fingerprint density at radius 2 is 0.757 bits per heavy atom. The summed E-state index contributed by atoms with van der Waals surface area (Å²) in [7, 11) is -15.8. The number of benzene rings is 6. The molecular weight excluding hydrogens is 1670 g/mol. The average molecular weight is 1780 g/mol. The minimum Gasteiger partial charge on any atom is -0.400 e. The van der Waals surface area contributed by atoms with Gasteiger partial charge in [0.25, 0.3) is 40.2 Å². The van der Waals surface area contributed by atoms with Crippen LogP contribution < -0.4 is 25.8 Å². The summed E-state index contributed by atoms with van der Waals surface area (Å²) in [5.41, 5.74) is 10.7. The Hall–Kier alpha value is -6.63. The van der Waals surface area contributed by atoms with Crippen molar-refractivity contribution >= 4 is 121 Å². The number of aliphatic hydroxyl groups excluding tert-OH is 1. The predicted molar refractivity (Wildman–Crippen MR) is 462 cm³/mol. The van der Waals surface area contributed by atoms with Gasteiger partial charge in [0.15, 0.2) is 0 Å². The fourth-order valence-electron chi connectivity index (χ4n) is 12.6. The molecule has 36 heteroatoms. The van der Waals surface area contributed by atoms with Crippen molar-refractivity contribution in [2.24, 2.45) is 5.73 Å². The zero-order valence-corrected chi connectivity index (χ0v) is 74.1. The van der Waals surface area contributed by atoms with Crippen LogP contribution in [-0.4, -0.2) is 211 Å². The highest BCUT2D eigenvalue weighted by Crippen LogP contribution is 2.34. The third-order valence-corrected chi connectivity index (χ3v) is 30.0. The number of nitrogens with two attached hydrogens (primary N) is 1. The monoisotopic (exact) mass is 1780 g/mol. The molecule has 0 spiro atoms. The van der Waals surface area contributed by atoms with Crippen molar-refractivity contribution in [3.8, 4) is 0 Å². The molecule has 6 aromatic carbocycles. The molecule has 3 aliphatic rings. The second-order valence-electron chi connectivity index (χ2n) is 28.8. The van der Waals surface area contributed by atoms with Crippen LogP contribution >= 0.6 is 44.7 Å². The fourth-order valence-corrected chi connectivity index (χ4v) is 21.6. The summed E-state index contributed by atoms with van der Waals surface area (Å²) in [6, 6.07) is 61.3. The van der Waals surface area contributed by atoms with Gasteiger partial charge in [-0.3, -0.25) is 4.18 Å². The number of rotatable bonds is 25. The van der Waals surface area contributed by atoms with Crippen LogP contribution in [0.5, 0.6) is 0 Å². The van der Waals surface area contributed by atoms with E-state index in [2.05, 4.69) is 37.9 Å². The van der Waals surface area contributed by atoms with E-state index in [9.17, 15) is 65.8 Å². The van der Waals surface area contributed by atoms with E-state index < -0.39 is 88.1 Å². The lowest BCUT2D eigenvalue weighted by Crippen LogP contribution is -2.58. The summed E-state index contributed by atoms with van der Waals surface area (Å²) in [6.07, 6.45) is 3.08. The number of piperazine rings is 3. The average Bonchev–Trinajstić information content (AvgIpc) is 1.75. The van der Waals surface area contributed by atoms with Crippen LogP contribution in [0, 0.1) is 0 Å². The summed E-state index contributed by atoms with van der Waals surface area (Å²) in [4.78, 5) is 6.28. The first kappa shape index (κ1) is 95.5. The van der Waals surface area contributed by atoms with Crippen LogP contribution in [0.25, 0.3) is 0 Å². The number of halogens is 1. The standard InChI is InChI=1S/C26H33N3O5S3.C25H31N3O3S2.C19H26N2O6S3.C7H9N.CH3ClO2S.CH4O/c1-26(2,30)22-11-13-23(14-12-22)29-16-15-27(37(33,34)25-10-7-17-35-25)19-24(29)20-28(36(3,31)32)18-21-8-5-4-6-9-21;1-25(2,29)21-10-12-22(13-11-21)28-15-14-27(33(30,31)24-9-6-16-32-24)19-23(28)18-26-17-20-7-4-3-5-8-20;1-19(2,22)15-6-8-16(9-7-15)21-11-10-20(13-17(21)14-27-29(3,23)24)30(25,26)18-5-4-12-28-18;8-6-7-4-2-1-3-5-7;1-5(2,3)4;1-2/h4-14,17,24,30H,15-16,18-20H2,1-3H3;3-13,16,23,26,29H,14-15,17-19H2,1-2H3;4-9,12,17,22H,10-11,13-14H2,1-3H3;1-5H,6,8H2;1H3;2H,1H3/t24-;23-;17-;;;/m101.../s1. The van der Waals surface area contributed by atoms with E-state index in [1.165, 1.54) is 53.0 Å². The quantitative estimate of drug-likeness (QED) is 0.0229. The van der Waals surface area contributed by atoms with Crippen molar-refractivity contribution in [2.45, 2.75) is 109 Å². The number of hydrogen-bond acceptors (Lipinski definition) is 25. The zero-order valence-electron chi connectivity index (χ0n) is 66.0. The topological polar surface area (TPSA) is 356 Å². The lowest BCUT2D eigenvalue weighted by atomic mass is 9.98. The smallest absolute Gasteiger partial charge is 0.264 e. The largest absolute Gasteiger partial charge is 0.400 e. The second-order valence-corrected chi connectivity index (χ2v) is 44.8. The molecular formula is C79H106ClN9O17S9. The number of thiophene rings is 3. The molecule has 0 amide bonds. The lowest BCUT2D eigenvalue weighted by molar-refractivity contribution is 0.0780. The molecule has 0 radical (unpaired) electrons. The maximum absolute atomic E-state index is 13.3. The van der Waals surface area contributed by atoms with E-state index in [4.69, 9.17) is 15.0 Å². The third kappa shape index (κ3) is 29.4. The summed E-state index contributed by atoms with van der Waals surface area (Å²) < 4.78 is 158. The molecule has 6 heterocycles. The second kappa shape index (κ2) is 42.3. The first-order valence-corrected chi connectivity index (χ1v) is 49.8. The highest BCUT2D eigenvalue weighted by molar-refractivity contribution is 8.13. The van der Waals surface area contributed by atoms with Gasteiger partial charge in [-0.1, -0.05) is 146 Å². The van der Waals surface area contributed by atoms with Crippen molar-refractivity contribution in [2.75, 3.05) is 119 Å². The van der Waals surface area contributed by atoms with E-state index in [0.717, 1.165) is 76.8 Å². The maximum atomic E-state index is 13.3. The first-order chi connectivity index (χ1) is 53.9. The van der Waals surface area contributed by atoms with E-state index in [1.807, 2.05) is 144 Å². The number of anilines is 3. The van der Waals surface area contributed by atoms with Crippen LogP contribution in [0.2, 0.25) is 0 Å². The van der Waals surface area contributed by atoms with Gasteiger partial charge in [-0.05, 0) is 146 Å². The van der Waals surface area contributed by atoms with Crippen molar-refractivity contribution in [3.05, 3.63) is 250 Å². The van der Waals surface area contributed by atoms with Crippen LogP contribution in [-0.2, 0) is 99.9 Å². The fraction of sp³-hybridized carbons (Fsp3) is 0.392. The summed E-state index contributed by atoms with van der Waals surface area (Å²) in [5, 5.41) is 46.5. The molecule has 3 aliphatic heterocycles. The van der Waals surface area contributed by atoms with Gasteiger partial charge in [0.1, 0.15) is 12.6 Å². The third-order valence-electron chi connectivity index (χ3n) is 18.5. The Morgan fingerprint density at radius 3 is 1.06 bits per heavy atom. The molecule has 0 saturated carbocycles. The molecule has 3 aromatic heterocycles. The van der Waals surface area contributed by atoms with E-state index in [0.29, 0.717) is 50.0 Å². The molecule has 115 heavy (non-hydrogen) atoms. The molecule has 3 fully saturated rings. The maximum Gasteiger partial charge on any atom is 0.264 e. The first-order valence-electron chi connectivity index (χ1n) is 36.5. The number of nitrogens with one attached hydrogen (secondary N) is 1. The van der Waals surface area contributed by atoms with Crippen molar-refractivity contribution < 1.29 is 75.1 Å². The van der Waals surface area contributed by atoms with Crippen LogP contribution in [0.4, 0.5) is 17.1 Å². The van der Waals surface area contributed by atoms with Gasteiger partial charge in [0.2, 0.25) is 19.1 Å². The minimum atomic E-state index is -3.69. The SMILES string of the molecule is CC(C)(O)c1ccc(N2CCN(S(=O)(=O)c3cccs3)C[C@@H]2CN(Cc2ccccc2)S(C)(=O)=O)cc1.CC(C)(O)c1ccc(N2CCN(S(=O)(=O)c3cccs3)C[C@@H]2CNCc2ccccc2)cc1.CC(C)(O)c1ccc(N2CCN(S(=O)(=O)c3cccs3)C[C@@H]2COS(C)(=O)=O)cc1.CO.CS(=O)(=O)Cl.NCc1ccccc1. The molecule has 9 aromatic rings. The molecule has 0 unspecified atom stereocenters. The Morgan fingerprint density at radius 1 is 0.443 bits per heavy atom. The van der Waals surface area contributed by atoms with E-state index in [1.54, 1.807) is 111 Å². The Labute approximate surface area is 696 Å².